The topological polar surface area (TPSA) is 66.4 Å². The summed E-state index contributed by atoms with van der Waals surface area (Å²) < 4.78 is 63.3. The maximum Gasteiger partial charge on any atom is 0.416 e. The molecule has 1 unspecified atom stereocenters. The van der Waals surface area contributed by atoms with Crippen LogP contribution in [-0.2, 0) is 16.2 Å². The lowest BCUT2D eigenvalue weighted by atomic mass is 10.2. The number of nitrogens with one attached hydrogen (secondary N) is 1. The van der Waals surface area contributed by atoms with Crippen LogP contribution in [0, 0.1) is 0 Å². The Kier molecular flexibility index (Phi) is 5.55. The zero-order valence-electron chi connectivity index (χ0n) is 10.8. The molecule has 4 nitrogen and oxygen atoms in total. The zero-order valence-corrected chi connectivity index (χ0v) is 11.6. The molecule has 0 spiro atoms. The molecule has 20 heavy (non-hydrogen) atoms. The molecule has 8 heteroatoms. The molecule has 0 saturated carbocycles. The number of aliphatic hydroxyl groups excluding tert-OH is 1. The Bertz CT molecular complexity index is 543. The fourth-order valence-corrected chi connectivity index (χ4v) is 2.68. The lowest BCUT2D eigenvalue weighted by Gasteiger charge is -2.12. The first-order valence-electron chi connectivity index (χ1n) is 6.02. The minimum atomic E-state index is -4.60. The van der Waals surface area contributed by atoms with Crippen molar-refractivity contribution in [1.29, 1.82) is 0 Å². The van der Waals surface area contributed by atoms with E-state index < -0.39 is 32.8 Å². The second-order valence-electron chi connectivity index (χ2n) is 4.32. The third-order valence-corrected chi connectivity index (χ3v) is 4.02. The SMILES string of the molecule is CCCC(O)CNS(=O)(=O)c1cccc(C(F)(F)F)c1. The number of rotatable bonds is 6. The first-order chi connectivity index (χ1) is 9.16. The molecule has 0 saturated heterocycles. The van der Waals surface area contributed by atoms with Gasteiger partial charge in [0, 0.05) is 6.54 Å². The fourth-order valence-electron chi connectivity index (χ4n) is 1.56. The summed E-state index contributed by atoms with van der Waals surface area (Å²) in [5.41, 5.74) is -1.03. The van der Waals surface area contributed by atoms with Gasteiger partial charge in [0.2, 0.25) is 10.0 Å². The van der Waals surface area contributed by atoms with E-state index in [1.165, 1.54) is 0 Å². The van der Waals surface area contributed by atoms with Crippen LogP contribution < -0.4 is 4.72 Å². The van der Waals surface area contributed by atoms with Gasteiger partial charge in [-0.3, -0.25) is 0 Å². The lowest BCUT2D eigenvalue weighted by molar-refractivity contribution is -0.137. The Hall–Kier alpha value is -1.12. The first kappa shape index (κ1) is 16.9. The van der Waals surface area contributed by atoms with Crippen LogP contribution in [0.15, 0.2) is 29.2 Å². The highest BCUT2D eigenvalue weighted by Crippen LogP contribution is 2.30. The molecule has 0 amide bonds. The van der Waals surface area contributed by atoms with Crippen LogP contribution in [0.25, 0.3) is 0 Å². The lowest BCUT2D eigenvalue weighted by Crippen LogP contribution is -2.32. The maximum atomic E-state index is 12.5. The van der Waals surface area contributed by atoms with Crippen LogP contribution in [0.3, 0.4) is 0 Å². The van der Waals surface area contributed by atoms with Crippen LogP contribution in [0.2, 0.25) is 0 Å². The predicted octanol–water partition coefficient (Wildman–Crippen LogP) is 2.14. The third kappa shape index (κ3) is 4.77. The Morgan fingerprint density at radius 1 is 1.35 bits per heavy atom. The van der Waals surface area contributed by atoms with E-state index in [1.54, 1.807) is 0 Å². The second-order valence-corrected chi connectivity index (χ2v) is 6.09. The highest BCUT2D eigenvalue weighted by molar-refractivity contribution is 7.89. The smallest absolute Gasteiger partial charge is 0.392 e. The average molecular weight is 311 g/mol. The van der Waals surface area contributed by atoms with Crippen LogP contribution in [0.1, 0.15) is 25.3 Å². The summed E-state index contributed by atoms with van der Waals surface area (Å²) in [6.45, 7) is 1.59. The summed E-state index contributed by atoms with van der Waals surface area (Å²) in [5.74, 6) is 0. The number of sulfonamides is 1. The Balaban J connectivity index is 2.88. The number of alkyl halides is 3. The molecule has 0 bridgehead atoms. The van der Waals surface area contributed by atoms with E-state index in [2.05, 4.69) is 4.72 Å². The largest absolute Gasteiger partial charge is 0.416 e. The number of benzene rings is 1. The van der Waals surface area contributed by atoms with E-state index in [0.29, 0.717) is 18.9 Å². The van der Waals surface area contributed by atoms with Crippen molar-refractivity contribution in [3.8, 4) is 0 Å². The van der Waals surface area contributed by atoms with Gasteiger partial charge in [-0.05, 0) is 24.6 Å². The van der Waals surface area contributed by atoms with Crippen LogP contribution in [0.5, 0.6) is 0 Å². The molecule has 1 aromatic carbocycles. The monoisotopic (exact) mass is 311 g/mol. The summed E-state index contributed by atoms with van der Waals surface area (Å²) in [7, 11) is -4.07. The number of hydrogen-bond acceptors (Lipinski definition) is 3. The zero-order chi connectivity index (χ0) is 15.4. The van der Waals surface area contributed by atoms with Crippen molar-refractivity contribution in [2.45, 2.75) is 36.9 Å². The van der Waals surface area contributed by atoms with Crippen molar-refractivity contribution in [2.75, 3.05) is 6.54 Å². The molecule has 0 aliphatic carbocycles. The molecule has 0 aliphatic heterocycles. The minimum absolute atomic E-state index is 0.230. The molecule has 0 fully saturated rings. The molecule has 1 rings (SSSR count). The fraction of sp³-hybridized carbons (Fsp3) is 0.500. The van der Waals surface area contributed by atoms with Gasteiger partial charge >= 0.3 is 6.18 Å². The van der Waals surface area contributed by atoms with Gasteiger partial charge in [-0.25, -0.2) is 13.1 Å². The minimum Gasteiger partial charge on any atom is -0.392 e. The molecule has 1 aromatic rings. The van der Waals surface area contributed by atoms with Gasteiger partial charge in [0.05, 0.1) is 16.6 Å². The van der Waals surface area contributed by atoms with Crippen LogP contribution in [0.4, 0.5) is 13.2 Å². The standard InChI is InChI=1S/C12H16F3NO3S/c1-2-4-10(17)8-16-20(18,19)11-6-3-5-9(7-11)12(13,14)15/h3,5-7,10,16-17H,2,4,8H2,1H3. The van der Waals surface area contributed by atoms with Crippen molar-refractivity contribution < 1.29 is 26.7 Å². The molecule has 0 aromatic heterocycles. The van der Waals surface area contributed by atoms with Gasteiger partial charge in [-0.2, -0.15) is 13.2 Å². The van der Waals surface area contributed by atoms with Gasteiger partial charge in [0.15, 0.2) is 0 Å². The molecular formula is C12H16F3NO3S. The van der Waals surface area contributed by atoms with E-state index in [4.69, 9.17) is 0 Å². The normalized spacial score (nSPS) is 14.2. The molecule has 0 aliphatic rings. The summed E-state index contributed by atoms with van der Waals surface area (Å²) in [6, 6.07) is 3.46. The second kappa shape index (κ2) is 6.55. The van der Waals surface area contributed by atoms with Crippen LogP contribution >= 0.6 is 0 Å². The van der Waals surface area contributed by atoms with Gasteiger partial charge in [-0.1, -0.05) is 19.4 Å². The van der Waals surface area contributed by atoms with Gasteiger partial charge < -0.3 is 5.11 Å². The number of halogens is 3. The van der Waals surface area contributed by atoms with Crippen molar-refractivity contribution in [2.24, 2.45) is 0 Å². The molecule has 1 atom stereocenters. The maximum absolute atomic E-state index is 12.5. The average Bonchev–Trinajstić information content (AvgIpc) is 2.36. The van der Waals surface area contributed by atoms with Crippen molar-refractivity contribution in [1.82, 2.24) is 4.72 Å². The summed E-state index contributed by atoms with van der Waals surface area (Å²) in [6.07, 6.45) is -4.38. The summed E-state index contributed by atoms with van der Waals surface area (Å²) in [4.78, 5) is -0.476. The Labute approximate surface area is 115 Å². The van der Waals surface area contributed by atoms with Gasteiger partial charge in [-0.15, -0.1) is 0 Å². The van der Waals surface area contributed by atoms with E-state index in [0.717, 1.165) is 18.2 Å². The molecule has 0 heterocycles. The summed E-state index contributed by atoms with van der Waals surface area (Å²) in [5, 5.41) is 9.44. The number of hydrogen-bond donors (Lipinski definition) is 2. The van der Waals surface area contributed by atoms with Crippen molar-refractivity contribution in [3.63, 3.8) is 0 Å². The third-order valence-electron chi connectivity index (χ3n) is 2.60. The van der Waals surface area contributed by atoms with E-state index in [9.17, 15) is 26.7 Å². The van der Waals surface area contributed by atoms with Crippen molar-refractivity contribution >= 4 is 10.0 Å². The molecule has 114 valence electrons. The van der Waals surface area contributed by atoms with Gasteiger partial charge in [0.1, 0.15) is 0 Å². The molecule has 0 radical (unpaired) electrons. The Morgan fingerprint density at radius 3 is 2.55 bits per heavy atom. The van der Waals surface area contributed by atoms with Gasteiger partial charge in [0.25, 0.3) is 0 Å². The van der Waals surface area contributed by atoms with E-state index in [1.807, 2.05) is 6.92 Å². The first-order valence-corrected chi connectivity index (χ1v) is 7.50. The molecule has 2 N–H and O–H groups in total. The summed E-state index contributed by atoms with van der Waals surface area (Å²) >= 11 is 0. The Morgan fingerprint density at radius 2 is 2.00 bits per heavy atom. The quantitative estimate of drug-likeness (QED) is 0.846. The van der Waals surface area contributed by atoms with Crippen LogP contribution in [-0.4, -0.2) is 26.2 Å². The van der Waals surface area contributed by atoms with E-state index >= 15 is 0 Å². The van der Waals surface area contributed by atoms with E-state index in [-0.39, 0.29) is 6.54 Å². The number of aliphatic hydroxyl groups is 1. The van der Waals surface area contributed by atoms with Crippen molar-refractivity contribution in [3.05, 3.63) is 29.8 Å². The molecular weight excluding hydrogens is 295 g/mol. The predicted molar refractivity (Wildman–Crippen MR) is 67.5 cm³/mol. The highest BCUT2D eigenvalue weighted by Gasteiger charge is 2.31. The highest BCUT2D eigenvalue weighted by atomic mass is 32.2.